The summed E-state index contributed by atoms with van der Waals surface area (Å²) in [7, 11) is 3.97. The Morgan fingerprint density at radius 3 is 2.43 bits per heavy atom. The van der Waals surface area contributed by atoms with E-state index in [-0.39, 0.29) is 6.04 Å². The average Bonchev–Trinajstić information content (AvgIpc) is 2.08. The van der Waals surface area contributed by atoms with Crippen molar-refractivity contribution in [2.75, 3.05) is 20.6 Å². The molecule has 0 heterocycles. The van der Waals surface area contributed by atoms with E-state index in [2.05, 4.69) is 0 Å². The first-order valence-electron chi connectivity index (χ1n) is 4.36. The van der Waals surface area contributed by atoms with E-state index in [1.807, 2.05) is 31.1 Å². The highest BCUT2D eigenvalue weighted by atomic mass is 35.5. The van der Waals surface area contributed by atoms with Crippen molar-refractivity contribution in [3.63, 3.8) is 0 Å². The van der Waals surface area contributed by atoms with Gasteiger partial charge >= 0.3 is 0 Å². The van der Waals surface area contributed by atoms with Crippen LogP contribution in [0.4, 0.5) is 0 Å². The first kappa shape index (κ1) is 11.8. The summed E-state index contributed by atoms with van der Waals surface area (Å²) in [5.41, 5.74) is 6.98. The number of hydrogen-bond acceptors (Lipinski definition) is 2. The van der Waals surface area contributed by atoms with Gasteiger partial charge < -0.3 is 10.6 Å². The highest BCUT2D eigenvalue weighted by Crippen LogP contribution is 2.24. The third-order valence-corrected chi connectivity index (χ3v) is 2.67. The van der Waals surface area contributed by atoms with Gasteiger partial charge in [0.25, 0.3) is 0 Å². The van der Waals surface area contributed by atoms with Gasteiger partial charge in [0, 0.05) is 12.6 Å². The molecule has 0 aliphatic heterocycles. The lowest BCUT2D eigenvalue weighted by Crippen LogP contribution is -2.25. The molecule has 0 bridgehead atoms. The van der Waals surface area contributed by atoms with Gasteiger partial charge in [-0.05, 0) is 31.8 Å². The molecule has 1 aromatic rings. The van der Waals surface area contributed by atoms with E-state index in [4.69, 9.17) is 28.9 Å². The fraction of sp³-hybridized carbons (Fsp3) is 0.400. The Labute approximate surface area is 94.6 Å². The Balaban J connectivity index is 2.80. The minimum absolute atomic E-state index is 0.0280. The second-order valence-corrected chi connectivity index (χ2v) is 4.36. The predicted molar refractivity (Wildman–Crippen MR) is 61.9 cm³/mol. The maximum atomic E-state index is 5.97. The topological polar surface area (TPSA) is 29.3 Å². The van der Waals surface area contributed by atoms with Crippen LogP contribution in [0.1, 0.15) is 11.6 Å². The second kappa shape index (κ2) is 4.99. The van der Waals surface area contributed by atoms with Gasteiger partial charge in [0.15, 0.2) is 0 Å². The molecule has 14 heavy (non-hydrogen) atoms. The Morgan fingerprint density at radius 2 is 1.93 bits per heavy atom. The van der Waals surface area contributed by atoms with Crippen molar-refractivity contribution in [3.05, 3.63) is 33.8 Å². The van der Waals surface area contributed by atoms with Crippen LogP contribution in [0.2, 0.25) is 10.0 Å². The van der Waals surface area contributed by atoms with E-state index in [0.29, 0.717) is 10.0 Å². The third kappa shape index (κ3) is 3.14. The summed E-state index contributed by atoms with van der Waals surface area (Å²) in [5, 5.41) is 1.12. The quantitative estimate of drug-likeness (QED) is 0.869. The normalized spacial score (nSPS) is 13.3. The van der Waals surface area contributed by atoms with Crippen LogP contribution < -0.4 is 5.73 Å². The molecule has 0 radical (unpaired) electrons. The molecule has 0 spiro atoms. The Hall–Kier alpha value is -0.280. The zero-order valence-corrected chi connectivity index (χ0v) is 9.81. The number of benzene rings is 1. The molecule has 78 valence electrons. The minimum Gasteiger partial charge on any atom is -0.323 e. The Kier molecular flexibility index (Phi) is 4.20. The number of likely N-dealkylation sites (N-methyl/N-ethyl adjacent to an activating group) is 1. The van der Waals surface area contributed by atoms with Gasteiger partial charge in [-0.1, -0.05) is 29.3 Å². The number of rotatable bonds is 3. The molecule has 4 heteroatoms. The zero-order valence-electron chi connectivity index (χ0n) is 8.30. The summed E-state index contributed by atoms with van der Waals surface area (Å²) in [4.78, 5) is 2.03. The van der Waals surface area contributed by atoms with Crippen LogP contribution in [-0.2, 0) is 0 Å². The molecule has 1 atom stereocenters. The van der Waals surface area contributed by atoms with Gasteiger partial charge in [-0.15, -0.1) is 0 Å². The molecule has 1 aromatic carbocycles. The van der Waals surface area contributed by atoms with E-state index in [1.54, 1.807) is 6.07 Å². The maximum Gasteiger partial charge on any atom is 0.0595 e. The molecule has 2 N–H and O–H groups in total. The van der Waals surface area contributed by atoms with Gasteiger partial charge in [-0.25, -0.2) is 0 Å². The third-order valence-electron chi connectivity index (χ3n) is 1.93. The van der Waals surface area contributed by atoms with Gasteiger partial charge in [-0.2, -0.15) is 0 Å². The highest BCUT2D eigenvalue weighted by molar-refractivity contribution is 6.42. The molecule has 0 saturated heterocycles. The van der Waals surface area contributed by atoms with Crippen molar-refractivity contribution in [3.8, 4) is 0 Å². The highest BCUT2D eigenvalue weighted by Gasteiger charge is 2.08. The summed E-state index contributed by atoms with van der Waals surface area (Å²) >= 11 is 11.7. The summed E-state index contributed by atoms with van der Waals surface area (Å²) < 4.78 is 0. The molecular formula is C10H14Cl2N2. The lowest BCUT2D eigenvalue weighted by molar-refractivity contribution is 0.376. The van der Waals surface area contributed by atoms with E-state index in [0.717, 1.165) is 12.1 Å². The smallest absolute Gasteiger partial charge is 0.0595 e. The number of halogens is 2. The zero-order chi connectivity index (χ0) is 10.7. The standard InChI is InChI=1S/C10H14Cl2N2/c1-14(2)6-10(13)7-3-4-8(11)9(12)5-7/h3-5,10H,6,13H2,1-2H3/t10-/m0/s1. The molecule has 0 amide bonds. The van der Waals surface area contributed by atoms with Crippen LogP contribution in [0, 0.1) is 0 Å². The number of nitrogens with zero attached hydrogens (tertiary/aromatic N) is 1. The average molecular weight is 233 g/mol. The van der Waals surface area contributed by atoms with E-state index in [9.17, 15) is 0 Å². The molecular weight excluding hydrogens is 219 g/mol. The molecule has 1 rings (SSSR count). The largest absolute Gasteiger partial charge is 0.323 e. The van der Waals surface area contributed by atoms with Crippen molar-refractivity contribution in [2.45, 2.75) is 6.04 Å². The van der Waals surface area contributed by atoms with Gasteiger partial charge in [0.2, 0.25) is 0 Å². The number of nitrogens with two attached hydrogens (primary N) is 1. The Morgan fingerprint density at radius 1 is 1.29 bits per heavy atom. The summed E-state index contributed by atoms with van der Waals surface area (Å²) in [6.45, 7) is 0.790. The predicted octanol–water partition coefficient (Wildman–Crippen LogP) is 2.55. The van der Waals surface area contributed by atoms with Crippen LogP contribution in [0.25, 0.3) is 0 Å². The van der Waals surface area contributed by atoms with Crippen LogP contribution in [-0.4, -0.2) is 25.5 Å². The van der Waals surface area contributed by atoms with E-state index < -0.39 is 0 Å². The molecule has 0 aromatic heterocycles. The van der Waals surface area contributed by atoms with Gasteiger partial charge in [-0.3, -0.25) is 0 Å². The molecule has 0 aliphatic carbocycles. The summed E-state index contributed by atoms with van der Waals surface area (Å²) in [6, 6.07) is 5.47. The van der Waals surface area contributed by atoms with Crippen LogP contribution in [0.15, 0.2) is 18.2 Å². The molecule has 2 nitrogen and oxygen atoms in total. The van der Waals surface area contributed by atoms with Crippen LogP contribution in [0.3, 0.4) is 0 Å². The minimum atomic E-state index is -0.0280. The SMILES string of the molecule is CN(C)C[C@H](N)c1ccc(Cl)c(Cl)c1. The number of hydrogen-bond donors (Lipinski definition) is 1. The maximum absolute atomic E-state index is 5.97. The van der Waals surface area contributed by atoms with Crippen molar-refractivity contribution in [2.24, 2.45) is 5.73 Å². The van der Waals surface area contributed by atoms with Gasteiger partial charge in [0.1, 0.15) is 0 Å². The molecule has 0 aliphatic rings. The first-order valence-corrected chi connectivity index (χ1v) is 5.11. The van der Waals surface area contributed by atoms with E-state index in [1.165, 1.54) is 0 Å². The molecule has 0 saturated carbocycles. The monoisotopic (exact) mass is 232 g/mol. The van der Waals surface area contributed by atoms with Crippen molar-refractivity contribution >= 4 is 23.2 Å². The van der Waals surface area contributed by atoms with Crippen molar-refractivity contribution < 1.29 is 0 Å². The van der Waals surface area contributed by atoms with E-state index >= 15 is 0 Å². The van der Waals surface area contributed by atoms with Crippen molar-refractivity contribution in [1.82, 2.24) is 4.90 Å². The summed E-state index contributed by atoms with van der Waals surface area (Å²) in [5.74, 6) is 0. The first-order chi connectivity index (χ1) is 6.50. The second-order valence-electron chi connectivity index (χ2n) is 3.54. The fourth-order valence-corrected chi connectivity index (χ4v) is 1.55. The van der Waals surface area contributed by atoms with Crippen LogP contribution >= 0.6 is 23.2 Å². The Bertz CT molecular complexity index is 313. The van der Waals surface area contributed by atoms with Crippen molar-refractivity contribution in [1.29, 1.82) is 0 Å². The van der Waals surface area contributed by atoms with Gasteiger partial charge in [0.05, 0.1) is 10.0 Å². The molecule has 0 unspecified atom stereocenters. The fourth-order valence-electron chi connectivity index (χ4n) is 1.24. The lowest BCUT2D eigenvalue weighted by Gasteiger charge is -2.17. The lowest BCUT2D eigenvalue weighted by atomic mass is 10.1. The summed E-state index contributed by atoms with van der Waals surface area (Å²) in [6.07, 6.45) is 0. The molecule has 0 fully saturated rings. The van der Waals surface area contributed by atoms with Crippen LogP contribution in [0.5, 0.6) is 0 Å².